The second kappa shape index (κ2) is 6.25. The number of pyridine rings is 1. The summed E-state index contributed by atoms with van der Waals surface area (Å²) in [5.41, 5.74) is 0.872. The van der Waals surface area contributed by atoms with Crippen molar-refractivity contribution in [1.82, 2.24) is 25.3 Å². The van der Waals surface area contributed by atoms with Crippen LogP contribution in [0.3, 0.4) is 0 Å². The number of hydrogen-bond acceptors (Lipinski definition) is 8. The monoisotopic (exact) mass is 313 g/mol. The molecule has 1 aliphatic rings. The van der Waals surface area contributed by atoms with Gasteiger partial charge < -0.3 is 13.8 Å². The maximum Gasteiger partial charge on any atom is 0.227 e. The van der Waals surface area contributed by atoms with Gasteiger partial charge in [0.15, 0.2) is 5.82 Å². The molecule has 0 spiro atoms. The van der Waals surface area contributed by atoms with Gasteiger partial charge in [-0.05, 0) is 18.6 Å². The maximum atomic E-state index is 5.34. The van der Waals surface area contributed by atoms with Crippen molar-refractivity contribution in [1.29, 1.82) is 0 Å². The minimum absolute atomic E-state index is 0.245. The summed E-state index contributed by atoms with van der Waals surface area (Å²) in [6, 6.07) is 3.67. The Morgan fingerprint density at radius 1 is 1.00 bits per heavy atom. The van der Waals surface area contributed by atoms with Crippen LogP contribution >= 0.6 is 0 Å². The zero-order valence-electron chi connectivity index (χ0n) is 12.4. The molecule has 0 bridgehead atoms. The molecule has 4 heterocycles. The minimum atomic E-state index is 0.245. The normalized spacial score (nSPS) is 17.7. The molecule has 1 unspecified atom stereocenters. The van der Waals surface area contributed by atoms with Gasteiger partial charge in [-0.2, -0.15) is 9.97 Å². The Morgan fingerprint density at radius 2 is 1.78 bits per heavy atom. The lowest BCUT2D eigenvalue weighted by atomic mass is 10.1. The second-order valence-electron chi connectivity index (χ2n) is 5.35. The van der Waals surface area contributed by atoms with E-state index in [0.717, 1.165) is 24.4 Å². The molecule has 1 saturated heterocycles. The SMILES string of the molecule is c1cc(-c2noc(CCc3nc(C4CCOC4)no3)n2)ccn1. The fraction of sp³-hybridized carbons (Fsp3) is 0.400. The molecule has 1 fully saturated rings. The van der Waals surface area contributed by atoms with Gasteiger partial charge in [0, 0.05) is 43.3 Å². The minimum Gasteiger partial charge on any atom is -0.381 e. The fourth-order valence-corrected chi connectivity index (χ4v) is 2.46. The molecule has 0 amide bonds. The summed E-state index contributed by atoms with van der Waals surface area (Å²) in [6.45, 7) is 1.42. The molecule has 0 aliphatic carbocycles. The average Bonchev–Trinajstić information content (AvgIpc) is 3.33. The molecule has 8 nitrogen and oxygen atoms in total. The van der Waals surface area contributed by atoms with Gasteiger partial charge in [-0.15, -0.1) is 0 Å². The standard InChI is InChI=1S/C15H15N5O3/c1(2-13-18-15(20-23-13)11-5-8-21-9-11)12-17-14(19-22-12)10-3-6-16-7-4-10/h3-4,6-7,11H,1-2,5,8-9H2. The smallest absolute Gasteiger partial charge is 0.227 e. The number of aryl methyl sites for hydroxylation is 2. The van der Waals surface area contributed by atoms with Gasteiger partial charge in [0.05, 0.1) is 6.61 Å². The van der Waals surface area contributed by atoms with Gasteiger partial charge in [-0.3, -0.25) is 4.98 Å². The number of hydrogen-bond donors (Lipinski definition) is 0. The van der Waals surface area contributed by atoms with Crippen LogP contribution in [0, 0.1) is 0 Å². The lowest BCUT2D eigenvalue weighted by molar-refractivity contribution is 0.192. The van der Waals surface area contributed by atoms with E-state index in [1.165, 1.54) is 0 Å². The Balaban J connectivity index is 1.39. The Hall–Kier alpha value is -2.61. The van der Waals surface area contributed by atoms with Crippen molar-refractivity contribution in [2.24, 2.45) is 0 Å². The maximum absolute atomic E-state index is 5.34. The third-order valence-corrected chi connectivity index (χ3v) is 3.74. The molecule has 118 valence electrons. The first-order valence-electron chi connectivity index (χ1n) is 7.52. The van der Waals surface area contributed by atoms with E-state index in [-0.39, 0.29) is 5.92 Å². The lowest BCUT2D eigenvalue weighted by Crippen LogP contribution is -2.00. The summed E-state index contributed by atoms with van der Waals surface area (Å²) >= 11 is 0. The molecule has 0 radical (unpaired) electrons. The molecule has 1 aliphatic heterocycles. The molecule has 1 atom stereocenters. The van der Waals surface area contributed by atoms with Crippen LogP contribution in [0.5, 0.6) is 0 Å². The number of rotatable bonds is 5. The Morgan fingerprint density at radius 3 is 2.57 bits per heavy atom. The van der Waals surface area contributed by atoms with Crippen molar-refractivity contribution in [3.63, 3.8) is 0 Å². The second-order valence-corrected chi connectivity index (χ2v) is 5.35. The van der Waals surface area contributed by atoms with Crippen LogP contribution in [0.2, 0.25) is 0 Å². The molecule has 0 aromatic carbocycles. The van der Waals surface area contributed by atoms with Gasteiger partial charge in [-0.25, -0.2) is 0 Å². The van der Waals surface area contributed by atoms with E-state index in [0.29, 0.717) is 37.1 Å². The highest BCUT2D eigenvalue weighted by Gasteiger charge is 2.23. The molecule has 8 heteroatoms. The van der Waals surface area contributed by atoms with E-state index in [9.17, 15) is 0 Å². The zero-order chi connectivity index (χ0) is 15.5. The first-order valence-corrected chi connectivity index (χ1v) is 7.52. The Labute approximate surface area is 131 Å². The highest BCUT2D eigenvalue weighted by molar-refractivity contribution is 5.52. The topological polar surface area (TPSA) is 100.0 Å². The van der Waals surface area contributed by atoms with E-state index >= 15 is 0 Å². The summed E-state index contributed by atoms with van der Waals surface area (Å²) in [4.78, 5) is 12.7. The van der Waals surface area contributed by atoms with Gasteiger partial charge >= 0.3 is 0 Å². The summed E-state index contributed by atoms with van der Waals surface area (Å²) in [5, 5.41) is 7.99. The van der Waals surface area contributed by atoms with E-state index in [2.05, 4.69) is 25.3 Å². The van der Waals surface area contributed by atoms with Crippen LogP contribution in [0.15, 0.2) is 33.6 Å². The number of ether oxygens (including phenoxy) is 1. The highest BCUT2D eigenvalue weighted by atomic mass is 16.5. The third kappa shape index (κ3) is 3.11. The molecule has 4 rings (SSSR count). The molecular weight excluding hydrogens is 298 g/mol. The third-order valence-electron chi connectivity index (χ3n) is 3.74. The molecule has 0 saturated carbocycles. The van der Waals surface area contributed by atoms with Crippen LogP contribution in [-0.2, 0) is 17.6 Å². The van der Waals surface area contributed by atoms with E-state index in [1.807, 2.05) is 12.1 Å². The van der Waals surface area contributed by atoms with Crippen molar-refractivity contribution >= 4 is 0 Å². The van der Waals surface area contributed by atoms with Crippen molar-refractivity contribution in [3.8, 4) is 11.4 Å². The van der Waals surface area contributed by atoms with Gasteiger partial charge in [0.2, 0.25) is 17.6 Å². The number of nitrogens with zero attached hydrogens (tertiary/aromatic N) is 5. The first kappa shape index (κ1) is 14.0. The first-order chi connectivity index (χ1) is 11.4. The van der Waals surface area contributed by atoms with Crippen LogP contribution in [0.4, 0.5) is 0 Å². The van der Waals surface area contributed by atoms with Crippen LogP contribution < -0.4 is 0 Å². The molecule has 3 aromatic heterocycles. The summed E-state index contributed by atoms with van der Waals surface area (Å²) in [5.74, 6) is 2.64. The molecular formula is C15H15N5O3. The van der Waals surface area contributed by atoms with Crippen LogP contribution in [0.1, 0.15) is 29.9 Å². The lowest BCUT2D eigenvalue weighted by Gasteiger charge is -1.97. The summed E-state index contributed by atoms with van der Waals surface area (Å²) < 4.78 is 15.9. The van der Waals surface area contributed by atoms with Crippen molar-refractivity contribution in [2.75, 3.05) is 13.2 Å². The van der Waals surface area contributed by atoms with Crippen molar-refractivity contribution < 1.29 is 13.8 Å². The van der Waals surface area contributed by atoms with Crippen LogP contribution in [-0.4, -0.2) is 38.5 Å². The molecule has 3 aromatic rings. The van der Waals surface area contributed by atoms with Gasteiger partial charge in [0.25, 0.3) is 0 Å². The fourth-order valence-electron chi connectivity index (χ4n) is 2.46. The van der Waals surface area contributed by atoms with E-state index < -0.39 is 0 Å². The van der Waals surface area contributed by atoms with Crippen molar-refractivity contribution in [2.45, 2.75) is 25.2 Å². The van der Waals surface area contributed by atoms with Gasteiger partial charge in [0.1, 0.15) is 0 Å². The van der Waals surface area contributed by atoms with Crippen LogP contribution in [0.25, 0.3) is 11.4 Å². The predicted molar refractivity (Wildman–Crippen MR) is 77.4 cm³/mol. The molecule has 0 N–H and O–H groups in total. The highest BCUT2D eigenvalue weighted by Crippen LogP contribution is 2.22. The number of aromatic nitrogens is 5. The van der Waals surface area contributed by atoms with E-state index in [4.69, 9.17) is 13.8 Å². The summed E-state index contributed by atoms with van der Waals surface area (Å²) in [7, 11) is 0. The average molecular weight is 313 g/mol. The van der Waals surface area contributed by atoms with Gasteiger partial charge in [-0.1, -0.05) is 10.3 Å². The zero-order valence-corrected chi connectivity index (χ0v) is 12.4. The van der Waals surface area contributed by atoms with E-state index in [1.54, 1.807) is 12.4 Å². The Bertz CT molecular complexity index is 764. The summed E-state index contributed by atoms with van der Waals surface area (Å²) in [6.07, 6.45) is 5.45. The largest absolute Gasteiger partial charge is 0.381 e. The Kier molecular flexibility index (Phi) is 3.81. The van der Waals surface area contributed by atoms with Crippen molar-refractivity contribution in [3.05, 3.63) is 42.1 Å². The predicted octanol–water partition coefficient (Wildman–Crippen LogP) is 1.80. The molecule has 23 heavy (non-hydrogen) atoms. The quantitative estimate of drug-likeness (QED) is 0.703.